The molecule has 1 aliphatic heterocycles. The van der Waals surface area contributed by atoms with Crippen LogP contribution in [0.4, 0.5) is 4.79 Å². The summed E-state index contributed by atoms with van der Waals surface area (Å²) >= 11 is 9.54. The molecular weight excluding hydrogens is 476 g/mol. The number of urea groups is 1. The van der Waals surface area contributed by atoms with Gasteiger partial charge in [-0.05, 0) is 53.8 Å². The van der Waals surface area contributed by atoms with E-state index in [1.54, 1.807) is 0 Å². The van der Waals surface area contributed by atoms with E-state index < -0.39 is 5.92 Å². The van der Waals surface area contributed by atoms with Crippen LogP contribution in [0.3, 0.4) is 0 Å². The van der Waals surface area contributed by atoms with Crippen LogP contribution in [-0.2, 0) is 17.6 Å². The fourth-order valence-electron chi connectivity index (χ4n) is 3.97. The van der Waals surface area contributed by atoms with Crippen molar-refractivity contribution in [3.63, 3.8) is 0 Å². The highest BCUT2D eigenvalue weighted by Crippen LogP contribution is 2.29. The predicted octanol–water partition coefficient (Wildman–Crippen LogP) is 5.59. The van der Waals surface area contributed by atoms with Crippen LogP contribution in [0, 0.1) is 0 Å². The Morgan fingerprint density at radius 3 is 2.48 bits per heavy atom. The fraction of sp³-hybridized carbons (Fsp3) is 0.200. The van der Waals surface area contributed by atoms with Crippen molar-refractivity contribution >= 4 is 39.5 Å². The van der Waals surface area contributed by atoms with E-state index in [0.29, 0.717) is 24.4 Å². The summed E-state index contributed by atoms with van der Waals surface area (Å²) in [6.45, 7) is 0.450. The third-order valence-corrected chi connectivity index (χ3v) is 6.27. The molecule has 1 saturated heterocycles. The first-order valence-corrected chi connectivity index (χ1v) is 11.3. The van der Waals surface area contributed by atoms with E-state index >= 15 is 0 Å². The Kier molecular flexibility index (Phi) is 6.73. The van der Waals surface area contributed by atoms with E-state index in [1.165, 1.54) is 4.90 Å². The number of benzene rings is 3. The van der Waals surface area contributed by atoms with Gasteiger partial charge in [0.05, 0.1) is 12.0 Å². The highest BCUT2D eigenvalue weighted by Gasteiger charge is 2.39. The maximum absolute atomic E-state index is 13.8. The Hall–Kier alpha value is -2.63. The predicted molar refractivity (Wildman–Crippen MR) is 126 cm³/mol. The van der Waals surface area contributed by atoms with Gasteiger partial charge in [0.15, 0.2) is 0 Å². The topological polar surface area (TPSA) is 49.4 Å². The van der Waals surface area contributed by atoms with E-state index in [9.17, 15) is 9.59 Å². The molecule has 1 aliphatic rings. The summed E-state index contributed by atoms with van der Waals surface area (Å²) in [6, 6.07) is 24.6. The molecule has 4 rings (SSSR count). The summed E-state index contributed by atoms with van der Waals surface area (Å²) in [6.07, 6.45) is 1.10. The fourth-order valence-corrected chi connectivity index (χ4v) is 4.52. The van der Waals surface area contributed by atoms with Gasteiger partial charge in [-0.25, -0.2) is 4.79 Å². The summed E-state index contributed by atoms with van der Waals surface area (Å²) in [5, 5.41) is 3.50. The van der Waals surface area contributed by atoms with Gasteiger partial charge in [0, 0.05) is 16.0 Å². The summed E-state index contributed by atoms with van der Waals surface area (Å²) in [7, 11) is 0. The highest BCUT2D eigenvalue weighted by molar-refractivity contribution is 9.10. The van der Waals surface area contributed by atoms with Crippen molar-refractivity contribution < 1.29 is 9.59 Å². The standard InChI is InChI=1S/C25H22BrClN2O2/c26-20-8-4-7-19(15-20)23(14-18-9-11-21(27)12-10-18)24(30)29-22(16-28-25(29)31)13-17-5-2-1-3-6-17/h1-12,15,22-23H,13-14,16H2,(H,28,31). The van der Waals surface area contributed by atoms with Gasteiger partial charge in [-0.1, -0.05) is 82.1 Å². The number of hydrogen-bond acceptors (Lipinski definition) is 2. The van der Waals surface area contributed by atoms with Crippen molar-refractivity contribution in [2.24, 2.45) is 0 Å². The number of hydrogen-bond donors (Lipinski definition) is 1. The summed E-state index contributed by atoms with van der Waals surface area (Å²) in [5.74, 6) is -0.676. The Labute approximate surface area is 195 Å². The summed E-state index contributed by atoms with van der Waals surface area (Å²) < 4.78 is 0.894. The van der Waals surface area contributed by atoms with Crippen LogP contribution >= 0.6 is 27.5 Å². The van der Waals surface area contributed by atoms with E-state index in [4.69, 9.17) is 11.6 Å². The number of nitrogens with zero attached hydrogens (tertiary/aromatic N) is 1. The molecule has 0 aromatic heterocycles. The molecular formula is C25H22BrClN2O2. The van der Waals surface area contributed by atoms with E-state index in [1.807, 2.05) is 78.9 Å². The van der Waals surface area contributed by atoms with Gasteiger partial charge in [-0.2, -0.15) is 0 Å². The van der Waals surface area contributed by atoms with Gasteiger partial charge < -0.3 is 5.32 Å². The van der Waals surface area contributed by atoms with Gasteiger partial charge >= 0.3 is 6.03 Å². The molecule has 1 heterocycles. The third-order valence-electron chi connectivity index (χ3n) is 5.53. The minimum absolute atomic E-state index is 0.191. The van der Waals surface area contributed by atoms with Crippen LogP contribution in [-0.4, -0.2) is 29.4 Å². The monoisotopic (exact) mass is 496 g/mol. The minimum Gasteiger partial charge on any atom is -0.336 e. The molecule has 158 valence electrons. The Balaban J connectivity index is 1.64. The van der Waals surface area contributed by atoms with Crippen molar-refractivity contribution in [2.45, 2.75) is 24.8 Å². The number of halogens is 2. The van der Waals surface area contributed by atoms with Crippen LogP contribution in [0.1, 0.15) is 22.6 Å². The number of imide groups is 1. The number of carbonyl (C=O) groups is 2. The molecule has 0 bridgehead atoms. The molecule has 0 radical (unpaired) electrons. The first kappa shape index (κ1) is 21.6. The van der Waals surface area contributed by atoms with Gasteiger partial charge in [0.25, 0.3) is 0 Å². The molecule has 0 aliphatic carbocycles. The van der Waals surface area contributed by atoms with E-state index in [0.717, 1.165) is 21.2 Å². The minimum atomic E-state index is -0.485. The van der Waals surface area contributed by atoms with Crippen LogP contribution < -0.4 is 5.32 Å². The Morgan fingerprint density at radius 2 is 1.77 bits per heavy atom. The summed E-state index contributed by atoms with van der Waals surface area (Å²) in [5.41, 5.74) is 2.95. The SMILES string of the molecule is O=C1NCC(Cc2ccccc2)N1C(=O)C(Cc1ccc(Cl)cc1)c1cccc(Br)c1. The van der Waals surface area contributed by atoms with Crippen LogP contribution in [0.25, 0.3) is 0 Å². The van der Waals surface area contributed by atoms with Crippen molar-refractivity contribution in [3.05, 3.63) is 105 Å². The molecule has 1 fully saturated rings. The molecule has 31 heavy (non-hydrogen) atoms. The molecule has 0 saturated carbocycles. The molecule has 0 spiro atoms. The van der Waals surface area contributed by atoms with Crippen LogP contribution in [0.5, 0.6) is 0 Å². The number of amides is 3. The van der Waals surface area contributed by atoms with Crippen molar-refractivity contribution in [1.82, 2.24) is 10.2 Å². The van der Waals surface area contributed by atoms with Gasteiger partial charge in [-0.3, -0.25) is 9.69 Å². The molecule has 3 amide bonds. The Morgan fingerprint density at radius 1 is 1.03 bits per heavy atom. The second kappa shape index (κ2) is 9.67. The first-order chi connectivity index (χ1) is 15.0. The van der Waals surface area contributed by atoms with Gasteiger partial charge in [0.2, 0.25) is 5.91 Å². The zero-order chi connectivity index (χ0) is 21.8. The van der Waals surface area contributed by atoms with Crippen molar-refractivity contribution in [2.75, 3.05) is 6.54 Å². The van der Waals surface area contributed by atoms with Crippen molar-refractivity contribution in [3.8, 4) is 0 Å². The van der Waals surface area contributed by atoms with Crippen LogP contribution in [0.2, 0.25) is 5.02 Å². The quantitative estimate of drug-likeness (QED) is 0.482. The smallest absolute Gasteiger partial charge is 0.324 e. The lowest BCUT2D eigenvalue weighted by Crippen LogP contribution is -2.43. The molecule has 6 heteroatoms. The molecule has 2 unspecified atom stereocenters. The maximum atomic E-state index is 13.8. The maximum Gasteiger partial charge on any atom is 0.324 e. The zero-order valence-corrected chi connectivity index (χ0v) is 19.1. The van der Waals surface area contributed by atoms with E-state index in [2.05, 4.69) is 21.2 Å². The second-order valence-electron chi connectivity index (χ2n) is 7.68. The number of nitrogens with one attached hydrogen (secondary N) is 1. The van der Waals surface area contributed by atoms with Gasteiger partial charge in [-0.15, -0.1) is 0 Å². The average Bonchev–Trinajstić information content (AvgIpc) is 3.13. The zero-order valence-electron chi connectivity index (χ0n) is 16.8. The summed E-state index contributed by atoms with van der Waals surface area (Å²) in [4.78, 5) is 27.9. The molecule has 1 N–H and O–H groups in total. The lowest BCUT2D eigenvalue weighted by molar-refractivity contribution is -0.130. The number of rotatable bonds is 6. The lowest BCUT2D eigenvalue weighted by atomic mass is 9.90. The number of carbonyl (C=O) groups excluding carboxylic acids is 2. The molecule has 3 aromatic carbocycles. The lowest BCUT2D eigenvalue weighted by Gasteiger charge is -2.27. The van der Waals surface area contributed by atoms with Crippen LogP contribution in [0.15, 0.2) is 83.3 Å². The second-order valence-corrected chi connectivity index (χ2v) is 9.03. The third kappa shape index (κ3) is 5.17. The highest BCUT2D eigenvalue weighted by atomic mass is 79.9. The van der Waals surface area contributed by atoms with E-state index in [-0.39, 0.29) is 18.0 Å². The molecule has 4 nitrogen and oxygen atoms in total. The largest absolute Gasteiger partial charge is 0.336 e. The molecule has 2 atom stereocenters. The molecule has 3 aromatic rings. The first-order valence-electron chi connectivity index (χ1n) is 10.2. The average molecular weight is 498 g/mol. The normalized spacial score (nSPS) is 16.8. The Bertz CT molecular complexity index is 1070. The van der Waals surface area contributed by atoms with Crippen molar-refractivity contribution in [1.29, 1.82) is 0 Å². The van der Waals surface area contributed by atoms with Gasteiger partial charge in [0.1, 0.15) is 0 Å².